The molecule has 120 valence electrons. The molecule has 0 bridgehead atoms. The van der Waals surface area contributed by atoms with E-state index < -0.39 is 15.4 Å². The van der Waals surface area contributed by atoms with Crippen molar-refractivity contribution in [3.8, 4) is 5.75 Å². The topological polar surface area (TPSA) is 69.4 Å². The van der Waals surface area contributed by atoms with Gasteiger partial charge in [-0.25, -0.2) is 13.6 Å². The average molecular weight is 313 g/mol. The molecular formula is C16H27NO3S. The maximum absolute atomic E-state index is 11.6. The lowest BCUT2D eigenvalue weighted by Crippen LogP contribution is -2.38. The van der Waals surface area contributed by atoms with Crippen LogP contribution in [-0.2, 0) is 10.0 Å². The fourth-order valence-corrected chi connectivity index (χ4v) is 4.04. The number of sulfonamides is 1. The summed E-state index contributed by atoms with van der Waals surface area (Å²) < 4.78 is 29.0. The normalized spacial score (nSPS) is 12.4. The van der Waals surface area contributed by atoms with E-state index in [-0.39, 0.29) is 5.75 Å². The predicted octanol–water partition coefficient (Wildman–Crippen LogP) is 3.25. The third-order valence-electron chi connectivity index (χ3n) is 3.63. The zero-order valence-corrected chi connectivity index (χ0v) is 14.1. The van der Waals surface area contributed by atoms with Gasteiger partial charge in [0.15, 0.2) is 0 Å². The first kappa shape index (κ1) is 18.0. The molecule has 0 saturated carbocycles. The number of benzene rings is 1. The van der Waals surface area contributed by atoms with Gasteiger partial charge in [-0.3, -0.25) is 0 Å². The lowest BCUT2D eigenvalue weighted by Gasteiger charge is -2.32. The molecule has 0 saturated heterocycles. The van der Waals surface area contributed by atoms with Crippen LogP contribution in [0.2, 0.25) is 0 Å². The van der Waals surface area contributed by atoms with E-state index in [2.05, 4.69) is 13.8 Å². The maximum atomic E-state index is 11.6. The van der Waals surface area contributed by atoms with E-state index in [4.69, 9.17) is 9.88 Å². The van der Waals surface area contributed by atoms with Crippen LogP contribution in [0.25, 0.3) is 0 Å². The quantitative estimate of drug-likeness (QED) is 0.761. The number of hydrogen-bond donors (Lipinski definition) is 1. The molecule has 21 heavy (non-hydrogen) atoms. The molecular weight excluding hydrogens is 286 g/mol. The summed E-state index contributed by atoms with van der Waals surface area (Å²) in [5.41, 5.74) is 0.766. The SMILES string of the molecule is CCCC(CCC)(COc1ccc(C)cc1)CS(N)(=O)=O. The smallest absolute Gasteiger partial charge is 0.209 e. The van der Waals surface area contributed by atoms with Gasteiger partial charge in [-0.15, -0.1) is 0 Å². The van der Waals surface area contributed by atoms with Crippen molar-refractivity contribution in [3.63, 3.8) is 0 Å². The first-order valence-corrected chi connectivity index (χ1v) is 9.22. The number of rotatable bonds is 9. The van der Waals surface area contributed by atoms with Crippen LogP contribution in [-0.4, -0.2) is 20.8 Å². The van der Waals surface area contributed by atoms with E-state index in [0.29, 0.717) is 6.61 Å². The van der Waals surface area contributed by atoms with E-state index in [1.807, 2.05) is 31.2 Å². The molecule has 0 heterocycles. The number of nitrogens with two attached hydrogens (primary N) is 1. The van der Waals surface area contributed by atoms with Crippen molar-refractivity contribution in [2.75, 3.05) is 12.4 Å². The number of primary sulfonamides is 1. The van der Waals surface area contributed by atoms with Gasteiger partial charge in [-0.05, 0) is 31.9 Å². The monoisotopic (exact) mass is 313 g/mol. The Morgan fingerprint density at radius 2 is 1.62 bits per heavy atom. The lowest BCUT2D eigenvalue weighted by atomic mass is 9.82. The molecule has 0 aliphatic carbocycles. The number of ether oxygens (including phenoxy) is 1. The van der Waals surface area contributed by atoms with Crippen molar-refractivity contribution in [1.29, 1.82) is 0 Å². The van der Waals surface area contributed by atoms with Crippen LogP contribution in [0.1, 0.15) is 45.1 Å². The molecule has 1 aromatic rings. The van der Waals surface area contributed by atoms with E-state index in [9.17, 15) is 8.42 Å². The Morgan fingerprint density at radius 1 is 1.10 bits per heavy atom. The predicted molar refractivity (Wildman–Crippen MR) is 86.9 cm³/mol. The Bertz CT molecular complexity index is 517. The Hall–Kier alpha value is -1.07. The molecule has 0 aromatic heterocycles. The molecule has 0 unspecified atom stereocenters. The zero-order valence-electron chi connectivity index (χ0n) is 13.3. The summed E-state index contributed by atoms with van der Waals surface area (Å²) in [6, 6.07) is 7.79. The highest BCUT2D eigenvalue weighted by atomic mass is 32.2. The Labute approximate surface area is 128 Å². The van der Waals surface area contributed by atoms with Crippen molar-refractivity contribution in [3.05, 3.63) is 29.8 Å². The highest BCUT2D eigenvalue weighted by Gasteiger charge is 2.33. The van der Waals surface area contributed by atoms with Gasteiger partial charge in [0, 0.05) is 5.41 Å². The summed E-state index contributed by atoms with van der Waals surface area (Å²) in [6.07, 6.45) is 3.41. The highest BCUT2D eigenvalue weighted by molar-refractivity contribution is 7.89. The maximum Gasteiger partial charge on any atom is 0.209 e. The second-order valence-electron chi connectivity index (χ2n) is 5.91. The molecule has 4 nitrogen and oxygen atoms in total. The number of hydrogen-bond acceptors (Lipinski definition) is 3. The Kier molecular flexibility index (Phi) is 6.68. The molecule has 0 aliphatic rings. The van der Waals surface area contributed by atoms with Crippen LogP contribution < -0.4 is 9.88 Å². The van der Waals surface area contributed by atoms with E-state index in [1.54, 1.807) is 0 Å². The van der Waals surface area contributed by atoms with Gasteiger partial charge in [0.2, 0.25) is 10.0 Å². The molecule has 1 rings (SSSR count). The molecule has 1 aromatic carbocycles. The minimum absolute atomic E-state index is 0.0203. The van der Waals surface area contributed by atoms with Gasteiger partial charge in [-0.1, -0.05) is 44.4 Å². The fraction of sp³-hybridized carbons (Fsp3) is 0.625. The van der Waals surface area contributed by atoms with Gasteiger partial charge in [-0.2, -0.15) is 0 Å². The largest absolute Gasteiger partial charge is 0.493 e. The van der Waals surface area contributed by atoms with Crippen LogP contribution >= 0.6 is 0 Å². The van der Waals surface area contributed by atoms with Crippen molar-refractivity contribution >= 4 is 10.0 Å². The van der Waals surface area contributed by atoms with Crippen LogP contribution in [0.5, 0.6) is 5.75 Å². The third kappa shape index (κ3) is 6.48. The summed E-state index contributed by atoms with van der Waals surface area (Å²) in [5.74, 6) is 0.750. The van der Waals surface area contributed by atoms with E-state index >= 15 is 0 Å². The van der Waals surface area contributed by atoms with Crippen molar-refractivity contribution in [2.45, 2.75) is 46.5 Å². The van der Waals surface area contributed by atoms with E-state index in [0.717, 1.165) is 31.4 Å². The summed E-state index contributed by atoms with van der Waals surface area (Å²) in [5, 5.41) is 5.29. The molecule has 2 N–H and O–H groups in total. The molecule has 0 radical (unpaired) electrons. The Morgan fingerprint density at radius 3 is 2.05 bits per heavy atom. The van der Waals surface area contributed by atoms with Crippen molar-refractivity contribution in [2.24, 2.45) is 10.6 Å². The number of aryl methyl sites for hydroxylation is 1. The van der Waals surface area contributed by atoms with E-state index in [1.165, 1.54) is 5.56 Å². The Balaban J connectivity index is 2.86. The molecule has 0 spiro atoms. The second kappa shape index (κ2) is 7.80. The van der Waals surface area contributed by atoms with Crippen molar-refractivity contribution < 1.29 is 13.2 Å². The van der Waals surface area contributed by atoms with Gasteiger partial charge < -0.3 is 4.74 Å². The first-order chi connectivity index (χ1) is 9.80. The summed E-state index contributed by atoms with van der Waals surface area (Å²) in [6.45, 7) is 6.51. The van der Waals surface area contributed by atoms with Gasteiger partial charge in [0.1, 0.15) is 5.75 Å². The molecule has 0 fully saturated rings. The molecule has 0 aliphatic heterocycles. The van der Waals surface area contributed by atoms with Gasteiger partial charge >= 0.3 is 0 Å². The molecule has 0 amide bonds. The second-order valence-corrected chi connectivity index (χ2v) is 7.52. The van der Waals surface area contributed by atoms with Crippen molar-refractivity contribution in [1.82, 2.24) is 0 Å². The molecule has 0 atom stereocenters. The van der Waals surface area contributed by atoms with Gasteiger partial charge in [0.25, 0.3) is 0 Å². The van der Waals surface area contributed by atoms with Crippen LogP contribution in [0.4, 0.5) is 0 Å². The minimum Gasteiger partial charge on any atom is -0.493 e. The van der Waals surface area contributed by atoms with Crippen LogP contribution in [0.3, 0.4) is 0 Å². The van der Waals surface area contributed by atoms with Crippen LogP contribution in [0.15, 0.2) is 24.3 Å². The summed E-state index contributed by atoms with van der Waals surface area (Å²) in [7, 11) is -3.52. The van der Waals surface area contributed by atoms with Gasteiger partial charge in [0.05, 0.1) is 12.4 Å². The summed E-state index contributed by atoms with van der Waals surface area (Å²) >= 11 is 0. The first-order valence-electron chi connectivity index (χ1n) is 7.50. The zero-order chi connectivity index (χ0) is 15.9. The highest BCUT2D eigenvalue weighted by Crippen LogP contribution is 2.32. The minimum atomic E-state index is -3.52. The lowest BCUT2D eigenvalue weighted by molar-refractivity contribution is 0.141. The standard InChI is InChI=1S/C16H27NO3S/c1-4-10-16(11-5-2,13-21(17,18)19)12-20-15-8-6-14(3)7-9-15/h6-9H,4-5,10-13H2,1-3H3,(H2,17,18,19). The molecule has 5 heteroatoms. The average Bonchev–Trinajstić information content (AvgIpc) is 2.37. The summed E-state index contributed by atoms with van der Waals surface area (Å²) in [4.78, 5) is 0. The third-order valence-corrected chi connectivity index (χ3v) is 4.65. The van der Waals surface area contributed by atoms with Crippen LogP contribution in [0, 0.1) is 12.3 Å². The fourth-order valence-electron chi connectivity index (χ4n) is 2.81.